The van der Waals surface area contributed by atoms with Crippen LogP contribution in [0, 0.1) is 11.6 Å². The van der Waals surface area contributed by atoms with E-state index in [4.69, 9.17) is 9.84 Å². The molecule has 0 fully saturated rings. The van der Waals surface area contributed by atoms with Crippen LogP contribution in [0.1, 0.15) is 24.0 Å². The second-order valence-electron chi connectivity index (χ2n) is 3.89. The number of rotatable bonds is 5. The van der Waals surface area contributed by atoms with Crippen LogP contribution < -0.4 is 0 Å². The van der Waals surface area contributed by atoms with Gasteiger partial charge in [0.2, 0.25) is 0 Å². The van der Waals surface area contributed by atoms with E-state index in [1.54, 1.807) is 6.92 Å². The van der Waals surface area contributed by atoms with E-state index < -0.39 is 24.0 Å². The average molecular weight is 244 g/mol. The van der Waals surface area contributed by atoms with Gasteiger partial charge in [-0.25, -0.2) is 8.78 Å². The van der Waals surface area contributed by atoms with E-state index in [-0.39, 0.29) is 23.7 Å². The predicted molar refractivity (Wildman–Crippen MR) is 58.0 cm³/mol. The number of methoxy groups -OCH3 is 1. The maximum Gasteiger partial charge on any atom is 0.307 e. The third kappa shape index (κ3) is 3.49. The molecule has 1 N–H and O–H groups in total. The van der Waals surface area contributed by atoms with Crippen LogP contribution in [0.4, 0.5) is 8.78 Å². The number of ether oxygens (including phenoxy) is 1. The highest BCUT2D eigenvalue weighted by molar-refractivity contribution is 5.70. The number of benzene rings is 1. The van der Waals surface area contributed by atoms with Gasteiger partial charge in [-0.3, -0.25) is 4.79 Å². The summed E-state index contributed by atoms with van der Waals surface area (Å²) in [5, 5.41) is 8.61. The second kappa shape index (κ2) is 5.72. The molecule has 0 aliphatic carbocycles. The van der Waals surface area contributed by atoms with Gasteiger partial charge in [0, 0.05) is 19.1 Å². The minimum Gasteiger partial charge on any atom is -0.481 e. The Kier molecular flexibility index (Phi) is 4.57. The minimum atomic E-state index is -1.15. The standard InChI is InChI=1S/C12H14F2O3/c1-7(6-17-2)9-3-8(4-12(15)16)10(13)5-11(9)14/h3,5,7H,4,6H2,1-2H3,(H,15,16). The van der Waals surface area contributed by atoms with Crippen LogP contribution in [0.5, 0.6) is 0 Å². The Morgan fingerprint density at radius 1 is 1.41 bits per heavy atom. The molecule has 0 saturated heterocycles. The van der Waals surface area contributed by atoms with E-state index in [0.29, 0.717) is 0 Å². The first-order valence-corrected chi connectivity index (χ1v) is 5.14. The molecular weight excluding hydrogens is 230 g/mol. The SMILES string of the molecule is COCC(C)c1cc(CC(=O)O)c(F)cc1F. The van der Waals surface area contributed by atoms with Gasteiger partial charge in [0.1, 0.15) is 11.6 Å². The van der Waals surface area contributed by atoms with Crippen molar-refractivity contribution in [3.8, 4) is 0 Å². The molecule has 0 radical (unpaired) electrons. The van der Waals surface area contributed by atoms with Crippen molar-refractivity contribution in [2.24, 2.45) is 0 Å². The molecule has 0 aromatic heterocycles. The van der Waals surface area contributed by atoms with Crippen LogP contribution in [-0.2, 0) is 16.0 Å². The van der Waals surface area contributed by atoms with Crippen molar-refractivity contribution in [1.29, 1.82) is 0 Å². The molecule has 17 heavy (non-hydrogen) atoms. The normalized spacial score (nSPS) is 12.5. The van der Waals surface area contributed by atoms with Crippen LogP contribution in [0.25, 0.3) is 0 Å². The molecule has 0 aliphatic heterocycles. The molecule has 1 unspecified atom stereocenters. The Morgan fingerprint density at radius 2 is 2.06 bits per heavy atom. The molecule has 1 aromatic carbocycles. The molecule has 3 nitrogen and oxygen atoms in total. The topological polar surface area (TPSA) is 46.5 Å². The molecule has 0 amide bonds. The van der Waals surface area contributed by atoms with Gasteiger partial charge in [0.25, 0.3) is 0 Å². The molecule has 0 bridgehead atoms. The summed E-state index contributed by atoms with van der Waals surface area (Å²) in [6, 6.07) is 1.97. The first-order valence-electron chi connectivity index (χ1n) is 5.14. The molecule has 1 atom stereocenters. The number of carbonyl (C=O) groups is 1. The highest BCUT2D eigenvalue weighted by Crippen LogP contribution is 2.23. The summed E-state index contributed by atoms with van der Waals surface area (Å²) in [5.41, 5.74) is 0.251. The van der Waals surface area contributed by atoms with E-state index >= 15 is 0 Å². The smallest absolute Gasteiger partial charge is 0.307 e. The van der Waals surface area contributed by atoms with Crippen molar-refractivity contribution in [3.63, 3.8) is 0 Å². The minimum absolute atomic E-state index is 0.0168. The molecule has 5 heteroatoms. The average Bonchev–Trinajstić information content (AvgIpc) is 2.21. The molecule has 94 valence electrons. The Labute approximate surface area is 98.0 Å². The van der Waals surface area contributed by atoms with Gasteiger partial charge in [0.15, 0.2) is 0 Å². The van der Waals surface area contributed by atoms with Gasteiger partial charge in [-0.2, -0.15) is 0 Å². The predicted octanol–water partition coefficient (Wildman–Crippen LogP) is 2.34. The zero-order chi connectivity index (χ0) is 13.0. The Hall–Kier alpha value is -1.49. The summed E-state index contributed by atoms with van der Waals surface area (Å²) in [4.78, 5) is 10.5. The maximum atomic E-state index is 13.5. The molecule has 0 saturated carbocycles. The van der Waals surface area contributed by atoms with Crippen molar-refractivity contribution in [2.75, 3.05) is 13.7 Å². The number of aliphatic carboxylic acids is 1. The van der Waals surface area contributed by atoms with Gasteiger partial charge in [-0.1, -0.05) is 6.92 Å². The number of carboxylic acids is 1. The zero-order valence-corrected chi connectivity index (χ0v) is 9.67. The number of hydrogen-bond acceptors (Lipinski definition) is 2. The summed E-state index contributed by atoms with van der Waals surface area (Å²) >= 11 is 0. The van der Waals surface area contributed by atoms with Crippen molar-refractivity contribution in [3.05, 3.63) is 34.9 Å². The monoisotopic (exact) mass is 244 g/mol. The molecule has 0 spiro atoms. The van der Waals surface area contributed by atoms with Crippen LogP contribution in [0.15, 0.2) is 12.1 Å². The van der Waals surface area contributed by atoms with E-state index in [9.17, 15) is 13.6 Å². The van der Waals surface area contributed by atoms with Crippen LogP contribution >= 0.6 is 0 Å². The maximum absolute atomic E-state index is 13.5. The number of carboxylic acid groups (broad SMARTS) is 1. The first-order chi connectivity index (χ1) is 7.95. The second-order valence-corrected chi connectivity index (χ2v) is 3.89. The zero-order valence-electron chi connectivity index (χ0n) is 9.67. The lowest BCUT2D eigenvalue weighted by molar-refractivity contribution is -0.136. The van der Waals surface area contributed by atoms with E-state index in [1.807, 2.05) is 0 Å². The van der Waals surface area contributed by atoms with Crippen molar-refractivity contribution in [1.82, 2.24) is 0 Å². The van der Waals surface area contributed by atoms with Crippen molar-refractivity contribution < 1.29 is 23.4 Å². The van der Waals surface area contributed by atoms with E-state index in [0.717, 1.165) is 6.07 Å². The molecule has 1 aromatic rings. The fraction of sp³-hybridized carbons (Fsp3) is 0.417. The van der Waals surface area contributed by atoms with Crippen molar-refractivity contribution in [2.45, 2.75) is 19.3 Å². The number of halogens is 2. The van der Waals surface area contributed by atoms with E-state index in [2.05, 4.69) is 0 Å². The van der Waals surface area contributed by atoms with Gasteiger partial charge in [0.05, 0.1) is 13.0 Å². The van der Waals surface area contributed by atoms with Gasteiger partial charge in [-0.15, -0.1) is 0 Å². The third-order valence-electron chi connectivity index (χ3n) is 2.45. The summed E-state index contributed by atoms with van der Waals surface area (Å²) in [7, 11) is 1.48. The number of hydrogen-bond donors (Lipinski definition) is 1. The highest BCUT2D eigenvalue weighted by atomic mass is 19.1. The molecular formula is C12H14F2O3. The van der Waals surface area contributed by atoms with Gasteiger partial charge < -0.3 is 9.84 Å². The van der Waals surface area contributed by atoms with Crippen molar-refractivity contribution >= 4 is 5.97 Å². The van der Waals surface area contributed by atoms with Crippen LogP contribution in [-0.4, -0.2) is 24.8 Å². The fourth-order valence-electron chi connectivity index (χ4n) is 1.63. The van der Waals surface area contributed by atoms with Gasteiger partial charge >= 0.3 is 5.97 Å². The summed E-state index contributed by atoms with van der Waals surface area (Å²) in [6.07, 6.45) is -0.460. The van der Waals surface area contributed by atoms with Crippen LogP contribution in [0.3, 0.4) is 0 Å². The molecule has 1 rings (SSSR count). The fourth-order valence-corrected chi connectivity index (χ4v) is 1.63. The Morgan fingerprint density at radius 3 is 2.59 bits per heavy atom. The van der Waals surface area contributed by atoms with Gasteiger partial charge in [-0.05, 0) is 17.2 Å². The molecule has 0 heterocycles. The summed E-state index contributed by atoms with van der Waals surface area (Å²) in [6.45, 7) is 2.01. The van der Waals surface area contributed by atoms with Crippen LogP contribution in [0.2, 0.25) is 0 Å². The highest BCUT2D eigenvalue weighted by Gasteiger charge is 2.16. The Balaban J connectivity index is 3.09. The Bertz CT molecular complexity index is 418. The lowest BCUT2D eigenvalue weighted by Crippen LogP contribution is -2.09. The molecule has 0 aliphatic rings. The lowest BCUT2D eigenvalue weighted by Gasteiger charge is -2.13. The largest absolute Gasteiger partial charge is 0.481 e. The summed E-state index contributed by atoms with van der Waals surface area (Å²) in [5.74, 6) is -2.92. The quantitative estimate of drug-likeness (QED) is 0.864. The lowest BCUT2D eigenvalue weighted by atomic mass is 9.97. The van der Waals surface area contributed by atoms with E-state index in [1.165, 1.54) is 13.2 Å². The first kappa shape index (κ1) is 13.6. The third-order valence-corrected chi connectivity index (χ3v) is 2.45. The summed E-state index contributed by atoms with van der Waals surface area (Å²) < 4.78 is 31.7.